The second-order valence-electron chi connectivity index (χ2n) is 11.8. The van der Waals surface area contributed by atoms with Crippen LogP contribution in [0.5, 0.6) is 0 Å². The van der Waals surface area contributed by atoms with Gasteiger partial charge in [-0.1, -0.05) is 84.2 Å². The van der Waals surface area contributed by atoms with Crippen LogP contribution in [-0.2, 0) is 17.8 Å². The topological polar surface area (TPSA) is 93.1 Å². The van der Waals surface area contributed by atoms with Crippen LogP contribution in [-0.4, -0.2) is 55.4 Å². The number of carboxylic acid groups (broad SMARTS) is 2. The van der Waals surface area contributed by atoms with E-state index in [0.29, 0.717) is 12.8 Å². The van der Waals surface area contributed by atoms with Gasteiger partial charge in [0.1, 0.15) is 0 Å². The first kappa shape index (κ1) is 35.7. The monoisotopic (exact) mass is 616 g/mol. The maximum Gasteiger partial charge on any atom is 0.303 e. The summed E-state index contributed by atoms with van der Waals surface area (Å²) in [5, 5.41) is 19.8. The van der Waals surface area contributed by atoms with E-state index in [1.54, 1.807) is 0 Å². The lowest BCUT2D eigenvalue weighted by Gasteiger charge is -2.32. The number of carbonyl (C=O) groups is 2. The Hall–Kier alpha value is -2.35. The Balaban J connectivity index is 0.000000400. The van der Waals surface area contributed by atoms with Crippen molar-refractivity contribution in [3.63, 3.8) is 0 Å². The minimum absolute atomic E-state index is 0.181. The van der Waals surface area contributed by atoms with Gasteiger partial charge in [-0.25, -0.2) is 0 Å². The molecule has 0 unspecified atom stereocenters. The van der Waals surface area contributed by atoms with E-state index in [4.69, 9.17) is 18.4 Å². The van der Waals surface area contributed by atoms with Gasteiger partial charge in [-0.05, 0) is 75.6 Å². The molecule has 2 rings (SSSR count). The van der Waals surface area contributed by atoms with Gasteiger partial charge in [0, 0.05) is 12.8 Å². The number of hydrogen-bond donors (Lipinski definition) is 2. The first-order chi connectivity index (χ1) is 18.5. The summed E-state index contributed by atoms with van der Waals surface area (Å²) in [5.74, 6) is -1.51. The highest BCUT2D eigenvalue weighted by Gasteiger charge is 2.33. The molecular weight excluding hydrogens is 569 g/mol. The number of aliphatic carboxylic acids is 2. The van der Waals surface area contributed by atoms with Crippen LogP contribution in [0.1, 0.15) is 25.7 Å². The van der Waals surface area contributed by atoms with Crippen molar-refractivity contribution in [2.45, 2.75) is 78.1 Å². The highest BCUT2D eigenvalue weighted by Crippen LogP contribution is 2.17. The highest BCUT2D eigenvalue weighted by atomic mass is 28.4. The zero-order chi connectivity index (χ0) is 30.5. The van der Waals surface area contributed by atoms with Gasteiger partial charge in [-0.2, -0.15) is 0 Å². The maximum absolute atomic E-state index is 10.5. The fraction of sp³-hybridized carbons (Fsp3) is 0.400. The van der Waals surface area contributed by atoms with Crippen molar-refractivity contribution in [2.75, 3.05) is 0 Å². The van der Waals surface area contributed by atoms with E-state index < -0.39 is 45.2 Å². The summed E-state index contributed by atoms with van der Waals surface area (Å²) >= 11 is 0. The molecule has 2 aromatic rings. The quantitative estimate of drug-likeness (QED) is 0.234. The van der Waals surface area contributed by atoms with Gasteiger partial charge in [0.25, 0.3) is 0 Å². The largest absolute Gasteiger partial charge is 0.481 e. The smallest absolute Gasteiger partial charge is 0.303 e. The van der Waals surface area contributed by atoms with E-state index in [1.807, 2.05) is 48.6 Å². The van der Waals surface area contributed by atoms with E-state index >= 15 is 0 Å². The number of rotatable bonds is 14. The molecule has 0 radical (unpaired) electrons. The predicted octanol–water partition coefficient (Wildman–Crippen LogP) is 6.56. The Morgan fingerprint density at radius 3 is 1.18 bits per heavy atom. The molecule has 0 saturated heterocycles. The van der Waals surface area contributed by atoms with E-state index in [9.17, 15) is 9.59 Å². The van der Waals surface area contributed by atoms with Gasteiger partial charge in [0.05, 0.1) is 0 Å². The molecule has 0 aromatic heterocycles. The molecule has 6 nitrogen and oxygen atoms in total. The van der Waals surface area contributed by atoms with Crippen LogP contribution in [0.15, 0.2) is 84.2 Å². The van der Waals surface area contributed by atoms with Crippen LogP contribution < -0.4 is 10.4 Å². The minimum atomic E-state index is -1.91. The van der Waals surface area contributed by atoms with Crippen LogP contribution in [0, 0.1) is 0 Å². The van der Waals surface area contributed by atoms with E-state index in [1.165, 1.54) is 10.4 Å². The average Bonchev–Trinajstić information content (AvgIpc) is 2.85. The van der Waals surface area contributed by atoms with Crippen LogP contribution in [0.25, 0.3) is 0 Å². The zero-order valence-corrected chi connectivity index (χ0v) is 29.4. The second-order valence-corrected chi connectivity index (χ2v) is 27.7. The molecule has 10 heteroatoms. The van der Waals surface area contributed by atoms with Crippen molar-refractivity contribution in [2.24, 2.45) is 0 Å². The van der Waals surface area contributed by atoms with E-state index in [0.717, 1.165) is 0 Å². The summed E-state index contributed by atoms with van der Waals surface area (Å²) < 4.78 is 12.9. The van der Waals surface area contributed by atoms with Gasteiger partial charge in [0.15, 0.2) is 16.6 Å². The van der Waals surface area contributed by atoms with Crippen molar-refractivity contribution >= 4 is 55.6 Å². The number of benzene rings is 2. The Bertz CT molecular complexity index is 1020. The van der Waals surface area contributed by atoms with Gasteiger partial charge in [0.2, 0.25) is 16.6 Å². The average molecular weight is 617 g/mol. The lowest BCUT2D eigenvalue weighted by Crippen LogP contribution is -2.51. The fourth-order valence-corrected chi connectivity index (χ4v) is 19.8. The second kappa shape index (κ2) is 16.2. The fourth-order valence-electron chi connectivity index (χ4n) is 4.33. The first-order valence-electron chi connectivity index (χ1n) is 13.8. The lowest BCUT2D eigenvalue weighted by molar-refractivity contribution is -0.137. The van der Waals surface area contributed by atoms with E-state index in [2.05, 4.69) is 88.0 Å². The van der Waals surface area contributed by atoms with Crippen molar-refractivity contribution in [1.82, 2.24) is 0 Å². The van der Waals surface area contributed by atoms with Crippen LogP contribution in [0.2, 0.25) is 52.4 Å². The van der Waals surface area contributed by atoms with Gasteiger partial charge in [-0.3, -0.25) is 9.59 Å². The zero-order valence-electron chi connectivity index (χ0n) is 25.4. The molecule has 0 amide bonds. The lowest BCUT2D eigenvalue weighted by atomic mass is 10.3. The molecule has 0 aliphatic carbocycles. The molecule has 0 aliphatic rings. The summed E-state index contributed by atoms with van der Waals surface area (Å²) in [4.78, 5) is 21.0. The summed E-state index contributed by atoms with van der Waals surface area (Å²) in [6.45, 7) is 17.5. The normalized spacial score (nSPS) is 12.8. The molecule has 0 atom stereocenters. The third-order valence-electron chi connectivity index (χ3n) is 6.06. The number of hydrogen-bond acceptors (Lipinski definition) is 4. The van der Waals surface area contributed by atoms with Gasteiger partial charge >= 0.3 is 11.9 Å². The van der Waals surface area contributed by atoms with Crippen molar-refractivity contribution in [1.29, 1.82) is 0 Å². The minimum Gasteiger partial charge on any atom is -0.481 e. The predicted molar refractivity (Wildman–Crippen MR) is 176 cm³/mol. The molecule has 0 saturated carbocycles. The third-order valence-corrected chi connectivity index (χ3v) is 19.9. The van der Waals surface area contributed by atoms with Crippen molar-refractivity contribution < 1.29 is 28.0 Å². The summed E-state index contributed by atoms with van der Waals surface area (Å²) in [5.41, 5.74) is 4.21. The summed E-state index contributed by atoms with van der Waals surface area (Å²) in [6.07, 6.45) is 5.41. The molecule has 0 heterocycles. The SMILES string of the molecule is C[Si](C)(/C=C/CCC(=O)O)O[Si](C)(C)c1ccccc1.C[Si](C)(/C=C\CCC(=O)O)O[Si](C)(C)c1ccccc1. The number of allylic oxidation sites excluding steroid dienone is 2. The molecule has 2 aromatic carbocycles. The Morgan fingerprint density at radius 2 is 0.900 bits per heavy atom. The molecule has 0 fully saturated rings. The molecular formula is C30H48O6Si4. The highest BCUT2D eigenvalue weighted by molar-refractivity contribution is 6.94. The Labute approximate surface area is 245 Å². The molecule has 2 N–H and O–H groups in total. The molecule has 0 spiro atoms. The van der Waals surface area contributed by atoms with Crippen LogP contribution in [0.4, 0.5) is 0 Å². The van der Waals surface area contributed by atoms with Crippen LogP contribution >= 0.6 is 0 Å². The van der Waals surface area contributed by atoms with E-state index in [-0.39, 0.29) is 12.8 Å². The van der Waals surface area contributed by atoms with Gasteiger partial charge < -0.3 is 18.4 Å². The maximum atomic E-state index is 10.5. The summed E-state index contributed by atoms with van der Waals surface area (Å²) in [7, 11) is -7.62. The molecule has 40 heavy (non-hydrogen) atoms. The molecule has 220 valence electrons. The standard InChI is InChI=1S/2C15H24O3Si2/c2*1-19(2,13-9-8-12-15(16)17)18-20(3,4)14-10-6-5-7-11-14/h2*5-7,9-11,13H,8,12H2,1-4H3,(H,16,17)/b13-9+;13-9-. The Kier molecular flexibility index (Phi) is 14.4. The van der Waals surface area contributed by atoms with Crippen molar-refractivity contribution in [3.05, 3.63) is 84.2 Å². The van der Waals surface area contributed by atoms with Crippen molar-refractivity contribution in [3.8, 4) is 0 Å². The first-order valence-corrected chi connectivity index (χ1v) is 25.5. The Morgan fingerprint density at radius 1 is 0.600 bits per heavy atom. The van der Waals surface area contributed by atoms with Gasteiger partial charge in [-0.15, -0.1) is 0 Å². The summed E-state index contributed by atoms with van der Waals surface area (Å²) in [6, 6.07) is 20.7. The third kappa shape index (κ3) is 14.9. The van der Waals surface area contributed by atoms with Crippen LogP contribution in [0.3, 0.4) is 0 Å². The number of carboxylic acids is 2. The molecule has 0 bridgehead atoms. The molecule has 0 aliphatic heterocycles.